The minimum atomic E-state index is 0. The molecule has 0 bridgehead atoms. The number of aromatic nitrogens is 1. The number of hydrogen-bond acceptors (Lipinski definition) is 5. The maximum Gasteiger partial charge on any atom is 0.225 e. The van der Waals surface area contributed by atoms with Crippen molar-refractivity contribution in [3.05, 3.63) is 23.7 Å². The van der Waals surface area contributed by atoms with Gasteiger partial charge in [0.05, 0.1) is 15.7 Å². The third-order valence-electron chi connectivity index (χ3n) is 3.04. The number of carbonyl (C=O) groups excluding carboxylic acids is 1. The molecule has 1 amide bonds. The maximum absolute atomic E-state index is 12.0. The van der Waals surface area contributed by atoms with Crippen molar-refractivity contribution in [1.82, 2.24) is 10.3 Å². The van der Waals surface area contributed by atoms with Gasteiger partial charge in [0.2, 0.25) is 5.91 Å². The van der Waals surface area contributed by atoms with Gasteiger partial charge in [0.15, 0.2) is 0 Å². The number of amides is 1. The standard InChI is InChI=1S/C13H15N3OS2.ClH/c17-13(6-10-7-18-4-3-14-10)16-9-1-2-12-11(5-9)15-8-19-12;/h1-2,5,8,10,14H,3-4,6-7H2,(H,16,17);1H. The van der Waals surface area contributed by atoms with Crippen molar-refractivity contribution < 1.29 is 4.79 Å². The first kappa shape index (κ1) is 15.6. The normalized spacial score (nSPS) is 18.5. The lowest BCUT2D eigenvalue weighted by Crippen LogP contribution is -2.39. The molecule has 0 saturated carbocycles. The van der Waals surface area contributed by atoms with E-state index in [0.717, 1.165) is 34.0 Å². The lowest BCUT2D eigenvalue weighted by Gasteiger charge is -2.22. The van der Waals surface area contributed by atoms with Gasteiger partial charge in [0, 0.05) is 36.2 Å². The molecule has 0 spiro atoms. The second-order valence-corrected chi connectivity index (χ2v) is 6.55. The first-order valence-electron chi connectivity index (χ1n) is 6.25. The Bertz CT molecular complexity index is 584. The zero-order valence-electron chi connectivity index (χ0n) is 10.8. The van der Waals surface area contributed by atoms with E-state index in [9.17, 15) is 4.79 Å². The summed E-state index contributed by atoms with van der Waals surface area (Å²) in [6.07, 6.45) is 0.530. The van der Waals surface area contributed by atoms with E-state index in [-0.39, 0.29) is 18.3 Å². The maximum atomic E-state index is 12.0. The summed E-state index contributed by atoms with van der Waals surface area (Å²) in [6.45, 7) is 0.993. The Morgan fingerprint density at radius 3 is 3.20 bits per heavy atom. The van der Waals surface area contributed by atoms with Crippen LogP contribution in [0.15, 0.2) is 23.7 Å². The van der Waals surface area contributed by atoms with Gasteiger partial charge < -0.3 is 10.6 Å². The Labute approximate surface area is 132 Å². The van der Waals surface area contributed by atoms with Crippen LogP contribution in [0, 0.1) is 0 Å². The molecule has 0 aliphatic carbocycles. The zero-order valence-corrected chi connectivity index (χ0v) is 13.2. The van der Waals surface area contributed by atoms with E-state index in [1.165, 1.54) is 0 Å². The average Bonchev–Trinajstić information content (AvgIpc) is 2.87. The molecule has 7 heteroatoms. The van der Waals surface area contributed by atoms with Gasteiger partial charge in [-0.1, -0.05) is 0 Å². The molecule has 2 heterocycles. The van der Waals surface area contributed by atoms with E-state index in [1.54, 1.807) is 11.3 Å². The van der Waals surface area contributed by atoms with Crippen LogP contribution in [-0.2, 0) is 4.79 Å². The number of nitrogens with one attached hydrogen (secondary N) is 2. The molecule has 108 valence electrons. The molecule has 1 unspecified atom stereocenters. The summed E-state index contributed by atoms with van der Waals surface area (Å²) < 4.78 is 1.14. The van der Waals surface area contributed by atoms with Crippen molar-refractivity contribution in [1.29, 1.82) is 0 Å². The molecular weight excluding hydrogens is 314 g/mol. The van der Waals surface area contributed by atoms with Crippen LogP contribution in [0.3, 0.4) is 0 Å². The molecule has 2 N–H and O–H groups in total. The van der Waals surface area contributed by atoms with Crippen molar-refractivity contribution in [3.8, 4) is 0 Å². The summed E-state index contributed by atoms with van der Waals surface area (Å²) in [5.74, 6) is 2.21. The Balaban J connectivity index is 0.00000147. The Kier molecular flexibility index (Phi) is 5.65. The molecule has 2 aromatic rings. The number of thiazole rings is 1. The van der Waals surface area contributed by atoms with Crippen molar-refractivity contribution in [2.45, 2.75) is 12.5 Å². The fourth-order valence-corrected chi connectivity index (χ4v) is 3.73. The number of anilines is 1. The average molecular weight is 330 g/mol. The highest BCUT2D eigenvalue weighted by Gasteiger charge is 2.16. The van der Waals surface area contributed by atoms with Gasteiger partial charge in [-0.3, -0.25) is 4.79 Å². The summed E-state index contributed by atoms with van der Waals surface area (Å²) >= 11 is 3.51. The van der Waals surface area contributed by atoms with Gasteiger partial charge in [0.25, 0.3) is 0 Å². The molecule has 4 nitrogen and oxygen atoms in total. The molecular formula is C13H16ClN3OS2. The van der Waals surface area contributed by atoms with E-state index in [4.69, 9.17) is 0 Å². The summed E-state index contributed by atoms with van der Waals surface area (Å²) in [5.41, 5.74) is 3.58. The molecule has 1 aromatic heterocycles. The van der Waals surface area contributed by atoms with E-state index >= 15 is 0 Å². The summed E-state index contributed by atoms with van der Waals surface area (Å²) in [6, 6.07) is 6.15. The number of nitrogens with zero attached hydrogens (tertiary/aromatic N) is 1. The van der Waals surface area contributed by atoms with Gasteiger partial charge in [-0.2, -0.15) is 11.8 Å². The predicted molar refractivity (Wildman–Crippen MR) is 89.2 cm³/mol. The first-order valence-corrected chi connectivity index (χ1v) is 8.29. The fraction of sp³-hybridized carbons (Fsp3) is 0.385. The lowest BCUT2D eigenvalue weighted by atomic mass is 10.2. The van der Waals surface area contributed by atoms with Crippen LogP contribution in [0.25, 0.3) is 10.2 Å². The van der Waals surface area contributed by atoms with E-state index < -0.39 is 0 Å². The summed E-state index contributed by atoms with van der Waals surface area (Å²) in [7, 11) is 0. The quantitative estimate of drug-likeness (QED) is 0.909. The number of rotatable bonds is 3. The number of fused-ring (bicyclic) bond motifs is 1. The minimum Gasteiger partial charge on any atom is -0.326 e. The second-order valence-electron chi connectivity index (χ2n) is 4.51. The topological polar surface area (TPSA) is 54.0 Å². The molecule has 20 heavy (non-hydrogen) atoms. The molecule has 1 fully saturated rings. The Morgan fingerprint density at radius 2 is 2.40 bits per heavy atom. The van der Waals surface area contributed by atoms with Gasteiger partial charge in [-0.05, 0) is 18.2 Å². The second kappa shape index (κ2) is 7.26. The number of carbonyl (C=O) groups is 1. The van der Waals surface area contributed by atoms with Gasteiger partial charge in [-0.25, -0.2) is 4.98 Å². The van der Waals surface area contributed by atoms with Crippen LogP contribution in [0.2, 0.25) is 0 Å². The van der Waals surface area contributed by atoms with E-state index in [2.05, 4.69) is 15.6 Å². The molecule has 1 aliphatic heterocycles. The summed E-state index contributed by atoms with van der Waals surface area (Å²) in [5, 5.41) is 6.32. The molecule has 0 radical (unpaired) electrons. The van der Waals surface area contributed by atoms with Crippen LogP contribution < -0.4 is 10.6 Å². The summed E-state index contributed by atoms with van der Waals surface area (Å²) in [4.78, 5) is 16.2. The molecule has 3 rings (SSSR count). The van der Waals surface area contributed by atoms with E-state index in [1.807, 2.05) is 35.5 Å². The number of halogens is 1. The van der Waals surface area contributed by atoms with Gasteiger partial charge >= 0.3 is 0 Å². The molecule has 1 aliphatic rings. The van der Waals surface area contributed by atoms with E-state index in [0.29, 0.717) is 12.5 Å². The van der Waals surface area contributed by atoms with Crippen molar-refractivity contribution in [2.75, 3.05) is 23.4 Å². The highest BCUT2D eigenvalue weighted by molar-refractivity contribution is 7.99. The number of thioether (sulfide) groups is 1. The van der Waals surface area contributed by atoms with Crippen molar-refractivity contribution in [3.63, 3.8) is 0 Å². The zero-order chi connectivity index (χ0) is 13.1. The fourth-order valence-electron chi connectivity index (χ4n) is 2.12. The number of benzene rings is 1. The smallest absolute Gasteiger partial charge is 0.225 e. The molecule has 1 aromatic carbocycles. The molecule has 1 saturated heterocycles. The largest absolute Gasteiger partial charge is 0.326 e. The lowest BCUT2D eigenvalue weighted by molar-refractivity contribution is -0.116. The third-order valence-corrected chi connectivity index (χ3v) is 4.99. The van der Waals surface area contributed by atoms with Crippen LogP contribution >= 0.6 is 35.5 Å². The SMILES string of the molecule is Cl.O=C(CC1CSCCN1)Nc1ccc2scnc2c1. The molecule has 1 atom stereocenters. The van der Waals surface area contributed by atoms with Gasteiger partial charge in [0.1, 0.15) is 0 Å². The van der Waals surface area contributed by atoms with Crippen molar-refractivity contribution in [2.24, 2.45) is 0 Å². The minimum absolute atomic E-state index is 0. The highest BCUT2D eigenvalue weighted by Crippen LogP contribution is 2.21. The van der Waals surface area contributed by atoms with Crippen LogP contribution in [0.1, 0.15) is 6.42 Å². The number of hydrogen-bond donors (Lipinski definition) is 2. The van der Waals surface area contributed by atoms with Crippen LogP contribution in [0.4, 0.5) is 5.69 Å². The predicted octanol–water partition coefficient (Wildman–Crippen LogP) is 2.75. The Morgan fingerprint density at radius 1 is 1.50 bits per heavy atom. The Hall–Kier alpha value is -0.820. The monoisotopic (exact) mass is 329 g/mol. The third kappa shape index (κ3) is 3.85. The van der Waals surface area contributed by atoms with Crippen LogP contribution in [-0.4, -0.2) is 35.0 Å². The highest BCUT2D eigenvalue weighted by atomic mass is 35.5. The van der Waals surface area contributed by atoms with Gasteiger partial charge in [-0.15, -0.1) is 23.7 Å². The van der Waals surface area contributed by atoms with Crippen molar-refractivity contribution >= 4 is 57.3 Å². The first-order chi connectivity index (χ1) is 9.31. The van der Waals surface area contributed by atoms with Crippen LogP contribution in [0.5, 0.6) is 0 Å².